The van der Waals surface area contributed by atoms with E-state index in [0.29, 0.717) is 10.9 Å². The quantitative estimate of drug-likeness (QED) is 0.639. The molecule has 0 bridgehead atoms. The van der Waals surface area contributed by atoms with Gasteiger partial charge in [-0.15, -0.1) is 0 Å². The van der Waals surface area contributed by atoms with E-state index in [2.05, 4.69) is 17.0 Å². The van der Waals surface area contributed by atoms with Gasteiger partial charge in [-0.1, -0.05) is 23.7 Å². The van der Waals surface area contributed by atoms with Gasteiger partial charge < -0.3 is 9.64 Å². The average Bonchev–Trinajstić information content (AvgIpc) is 2.71. The minimum atomic E-state index is 0.113. The molecule has 0 aliphatic carbocycles. The van der Waals surface area contributed by atoms with E-state index < -0.39 is 0 Å². The van der Waals surface area contributed by atoms with Crippen LogP contribution in [-0.4, -0.2) is 41.9 Å². The highest BCUT2D eigenvalue weighted by atomic mass is 35.5. The van der Waals surface area contributed by atoms with Crippen LogP contribution in [0.15, 0.2) is 48.5 Å². The summed E-state index contributed by atoms with van der Waals surface area (Å²) in [6, 6.07) is 15.5. The van der Waals surface area contributed by atoms with Gasteiger partial charge in [-0.05, 0) is 75.2 Å². The summed E-state index contributed by atoms with van der Waals surface area (Å²) in [6.07, 6.45) is 2.06. The molecule has 3 rings (SSSR count). The maximum atomic E-state index is 12.7. The van der Waals surface area contributed by atoms with Crippen molar-refractivity contribution in [2.45, 2.75) is 33.2 Å². The molecule has 0 N–H and O–H groups in total. The van der Waals surface area contributed by atoms with Crippen molar-refractivity contribution >= 4 is 17.5 Å². The zero-order chi connectivity index (χ0) is 19.9. The van der Waals surface area contributed by atoms with Crippen LogP contribution in [0, 0.1) is 5.92 Å². The Bertz CT molecular complexity index is 774. The molecular formula is C23H29ClN2O2. The third-order valence-electron chi connectivity index (χ3n) is 5.28. The van der Waals surface area contributed by atoms with Crippen molar-refractivity contribution in [1.29, 1.82) is 0 Å². The molecule has 0 unspecified atom stereocenters. The molecule has 1 amide bonds. The summed E-state index contributed by atoms with van der Waals surface area (Å²) < 4.78 is 5.95. The first-order valence-corrected chi connectivity index (χ1v) is 10.5. The molecule has 1 aliphatic rings. The van der Waals surface area contributed by atoms with Gasteiger partial charge in [-0.25, -0.2) is 0 Å². The second kappa shape index (κ2) is 9.94. The van der Waals surface area contributed by atoms with E-state index in [4.69, 9.17) is 16.3 Å². The lowest BCUT2D eigenvalue weighted by atomic mass is 9.96. The molecule has 28 heavy (non-hydrogen) atoms. The molecule has 1 fully saturated rings. The van der Waals surface area contributed by atoms with E-state index in [1.54, 1.807) is 0 Å². The first-order chi connectivity index (χ1) is 13.6. The number of rotatable bonds is 7. The topological polar surface area (TPSA) is 32.8 Å². The van der Waals surface area contributed by atoms with E-state index in [1.807, 2.05) is 55.1 Å². The van der Waals surface area contributed by atoms with E-state index in [9.17, 15) is 4.79 Å². The summed E-state index contributed by atoms with van der Waals surface area (Å²) >= 11 is 5.93. The Balaban J connectivity index is 1.61. The molecule has 0 saturated carbocycles. The van der Waals surface area contributed by atoms with Crippen molar-refractivity contribution in [3.8, 4) is 11.5 Å². The number of nitrogens with zero attached hydrogens (tertiary/aromatic N) is 2. The lowest BCUT2D eigenvalue weighted by molar-refractivity contribution is -0.137. The van der Waals surface area contributed by atoms with Crippen LogP contribution in [0.1, 0.15) is 32.3 Å². The van der Waals surface area contributed by atoms with Crippen molar-refractivity contribution < 1.29 is 9.53 Å². The van der Waals surface area contributed by atoms with E-state index in [-0.39, 0.29) is 5.92 Å². The Morgan fingerprint density at radius 2 is 1.89 bits per heavy atom. The summed E-state index contributed by atoms with van der Waals surface area (Å²) in [4.78, 5) is 17.0. The second-order valence-corrected chi connectivity index (χ2v) is 7.72. The molecule has 0 aromatic heterocycles. The number of hydrogen-bond donors (Lipinski definition) is 0. The van der Waals surface area contributed by atoms with Crippen LogP contribution >= 0.6 is 11.6 Å². The third-order valence-corrected chi connectivity index (χ3v) is 5.54. The second-order valence-electron chi connectivity index (χ2n) is 7.29. The van der Waals surface area contributed by atoms with Crippen LogP contribution in [0.2, 0.25) is 5.02 Å². The number of piperidine rings is 1. The summed E-state index contributed by atoms with van der Waals surface area (Å²) in [5, 5.41) is 0.694. The van der Waals surface area contributed by atoms with Crippen molar-refractivity contribution in [3.05, 3.63) is 59.1 Å². The fourth-order valence-corrected chi connectivity index (χ4v) is 3.92. The van der Waals surface area contributed by atoms with Gasteiger partial charge in [0.25, 0.3) is 0 Å². The van der Waals surface area contributed by atoms with Crippen LogP contribution in [0.25, 0.3) is 0 Å². The first-order valence-electron chi connectivity index (χ1n) is 10.1. The summed E-state index contributed by atoms with van der Waals surface area (Å²) in [5.74, 6) is 1.99. The molecule has 1 atom stereocenters. The summed E-state index contributed by atoms with van der Waals surface area (Å²) in [6.45, 7) is 8.37. The number of carbonyl (C=O) groups is 1. The average molecular weight is 401 g/mol. The lowest BCUT2D eigenvalue weighted by Crippen LogP contribution is -2.44. The van der Waals surface area contributed by atoms with Gasteiger partial charge in [0.05, 0.1) is 5.92 Å². The molecule has 150 valence electrons. The van der Waals surface area contributed by atoms with Crippen molar-refractivity contribution in [1.82, 2.24) is 9.80 Å². The third kappa shape index (κ3) is 5.49. The predicted octanol–water partition coefficient (Wildman–Crippen LogP) is 5.21. The number of ether oxygens (including phenoxy) is 1. The number of carbonyl (C=O) groups excluding carboxylic acids is 1. The molecule has 4 nitrogen and oxygen atoms in total. The van der Waals surface area contributed by atoms with Gasteiger partial charge >= 0.3 is 0 Å². The maximum absolute atomic E-state index is 12.7. The van der Waals surface area contributed by atoms with Gasteiger partial charge in [-0.2, -0.15) is 0 Å². The molecule has 0 spiro atoms. The lowest BCUT2D eigenvalue weighted by Gasteiger charge is -2.34. The van der Waals surface area contributed by atoms with Crippen LogP contribution in [0.3, 0.4) is 0 Å². The van der Waals surface area contributed by atoms with Crippen molar-refractivity contribution in [2.75, 3.05) is 26.2 Å². The molecule has 5 heteroatoms. The fraction of sp³-hybridized carbons (Fsp3) is 0.435. The first kappa shape index (κ1) is 20.7. The summed E-state index contributed by atoms with van der Waals surface area (Å²) in [7, 11) is 0. The van der Waals surface area contributed by atoms with Gasteiger partial charge in [-0.3, -0.25) is 9.69 Å². The molecule has 1 heterocycles. The number of benzene rings is 2. The van der Waals surface area contributed by atoms with Gasteiger partial charge in [0.2, 0.25) is 5.91 Å². The highest BCUT2D eigenvalue weighted by Gasteiger charge is 2.28. The Morgan fingerprint density at radius 3 is 2.61 bits per heavy atom. The Hall–Kier alpha value is -2.04. The van der Waals surface area contributed by atoms with E-state index >= 15 is 0 Å². The standard InChI is InChI=1S/C23H29ClN2O2/c1-3-26(4-2)23(27)19-8-6-14-25(17-19)16-18-7-5-9-22(15-18)28-21-12-10-20(24)11-13-21/h5,7,9-13,15,19H,3-4,6,8,14,16-17H2,1-2H3/t19-/m0/s1. The SMILES string of the molecule is CCN(CC)C(=O)[C@H]1CCCN(Cc2cccc(Oc3ccc(Cl)cc3)c2)C1. The molecule has 1 saturated heterocycles. The van der Waals surface area contributed by atoms with Crippen LogP contribution in [0.5, 0.6) is 11.5 Å². The van der Waals surface area contributed by atoms with Gasteiger partial charge in [0.1, 0.15) is 11.5 Å². The molecule has 1 aliphatic heterocycles. The van der Waals surface area contributed by atoms with Crippen LogP contribution < -0.4 is 4.74 Å². The minimum absolute atomic E-state index is 0.113. The smallest absolute Gasteiger partial charge is 0.226 e. The number of likely N-dealkylation sites (tertiary alicyclic amines) is 1. The zero-order valence-electron chi connectivity index (χ0n) is 16.7. The molecule has 0 radical (unpaired) electrons. The highest BCUT2D eigenvalue weighted by Crippen LogP contribution is 2.25. The zero-order valence-corrected chi connectivity index (χ0v) is 17.5. The maximum Gasteiger partial charge on any atom is 0.226 e. The molecule has 2 aromatic rings. The summed E-state index contributed by atoms with van der Waals surface area (Å²) in [5.41, 5.74) is 1.20. The molecular weight excluding hydrogens is 372 g/mol. The van der Waals surface area contributed by atoms with Crippen LogP contribution in [-0.2, 0) is 11.3 Å². The number of hydrogen-bond acceptors (Lipinski definition) is 3. The Morgan fingerprint density at radius 1 is 1.14 bits per heavy atom. The van der Waals surface area contributed by atoms with Crippen molar-refractivity contribution in [2.24, 2.45) is 5.92 Å². The van der Waals surface area contributed by atoms with Gasteiger partial charge in [0.15, 0.2) is 0 Å². The van der Waals surface area contributed by atoms with Gasteiger partial charge in [0, 0.05) is 31.2 Å². The monoisotopic (exact) mass is 400 g/mol. The fourth-order valence-electron chi connectivity index (χ4n) is 3.80. The van der Waals surface area contributed by atoms with Crippen LogP contribution in [0.4, 0.5) is 0 Å². The highest BCUT2D eigenvalue weighted by molar-refractivity contribution is 6.30. The number of amides is 1. The van der Waals surface area contributed by atoms with Crippen molar-refractivity contribution in [3.63, 3.8) is 0 Å². The Kier molecular flexibility index (Phi) is 7.35. The predicted molar refractivity (Wildman–Crippen MR) is 114 cm³/mol. The van der Waals surface area contributed by atoms with E-state index in [1.165, 1.54) is 5.56 Å². The number of halogens is 1. The normalized spacial score (nSPS) is 17.3. The van der Waals surface area contributed by atoms with E-state index in [0.717, 1.165) is 57.1 Å². The molecule has 2 aromatic carbocycles. The Labute approximate surface area is 173 Å². The largest absolute Gasteiger partial charge is 0.457 e. The minimum Gasteiger partial charge on any atom is -0.457 e.